The van der Waals surface area contributed by atoms with Crippen LogP contribution in [0.3, 0.4) is 0 Å². The summed E-state index contributed by atoms with van der Waals surface area (Å²) in [5.74, 6) is -0.771. The zero-order valence-electron chi connectivity index (χ0n) is 9.57. The molecular formula is C11H20N2O2. The van der Waals surface area contributed by atoms with Gasteiger partial charge in [0.2, 0.25) is 0 Å². The number of carbonyl (C=O) groups is 1. The Hall–Kier alpha value is -0.870. The van der Waals surface area contributed by atoms with E-state index in [0.29, 0.717) is 12.1 Å². The van der Waals surface area contributed by atoms with Crippen molar-refractivity contribution in [2.45, 2.75) is 12.8 Å². The number of rotatable bonds is 5. The van der Waals surface area contributed by atoms with E-state index in [1.807, 2.05) is 6.08 Å². The average Bonchev–Trinajstić information content (AvgIpc) is 2.17. The van der Waals surface area contributed by atoms with Crippen molar-refractivity contribution in [3.63, 3.8) is 0 Å². The Morgan fingerprint density at radius 1 is 1.60 bits per heavy atom. The number of aliphatic carboxylic acids is 1. The van der Waals surface area contributed by atoms with E-state index < -0.39 is 5.97 Å². The molecule has 0 bridgehead atoms. The van der Waals surface area contributed by atoms with Crippen LogP contribution in [0.1, 0.15) is 12.8 Å². The van der Waals surface area contributed by atoms with Gasteiger partial charge in [0.05, 0.1) is 0 Å². The molecule has 0 spiro atoms. The van der Waals surface area contributed by atoms with Gasteiger partial charge >= 0.3 is 5.97 Å². The molecule has 0 aromatic rings. The third-order valence-corrected chi connectivity index (χ3v) is 2.58. The molecule has 0 aromatic carbocycles. The molecule has 1 aliphatic rings. The number of carboxylic acid groups (broad SMARTS) is 1. The van der Waals surface area contributed by atoms with E-state index >= 15 is 0 Å². The van der Waals surface area contributed by atoms with E-state index in [2.05, 4.69) is 23.9 Å². The molecule has 0 aromatic heterocycles. The molecule has 0 unspecified atom stereocenters. The van der Waals surface area contributed by atoms with Gasteiger partial charge in [-0.3, -0.25) is 4.90 Å². The van der Waals surface area contributed by atoms with Crippen LogP contribution in [-0.2, 0) is 4.79 Å². The normalized spacial score (nSPS) is 17.9. The highest BCUT2D eigenvalue weighted by molar-refractivity contribution is 5.87. The van der Waals surface area contributed by atoms with Gasteiger partial charge in [0.1, 0.15) is 0 Å². The topological polar surface area (TPSA) is 43.8 Å². The lowest BCUT2D eigenvalue weighted by Crippen LogP contribution is -2.34. The Balaban J connectivity index is 2.28. The van der Waals surface area contributed by atoms with Crippen molar-refractivity contribution in [1.82, 2.24) is 9.80 Å². The van der Waals surface area contributed by atoms with Crippen molar-refractivity contribution in [2.75, 3.05) is 40.3 Å². The zero-order valence-corrected chi connectivity index (χ0v) is 9.57. The number of hydrogen-bond donors (Lipinski definition) is 1. The van der Waals surface area contributed by atoms with Crippen LogP contribution in [0, 0.1) is 0 Å². The molecule has 1 N–H and O–H groups in total. The molecule has 86 valence electrons. The maximum absolute atomic E-state index is 10.8. The molecule has 0 saturated heterocycles. The summed E-state index contributed by atoms with van der Waals surface area (Å²) in [6, 6.07) is 0. The van der Waals surface area contributed by atoms with Crippen molar-refractivity contribution in [3.8, 4) is 0 Å². The van der Waals surface area contributed by atoms with Gasteiger partial charge in [-0.05, 0) is 40.0 Å². The fourth-order valence-corrected chi connectivity index (χ4v) is 1.76. The van der Waals surface area contributed by atoms with Crippen LogP contribution < -0.4 is 0 Å². The van der Waals surface area contributed by atoms with Gasteiger partial charge in [-0.2, -0.15) is 0 Å². The average molecular weight is 212 g/mol. The number of nitrogens with zero attached hydrogens (tertiary/aromatic N) is 2. The molecule has 1 rings (SSSR count). The molecule has 1 heterocycles. The van der Waals surface area contributed by atoms with E-state index in [-0.39, 0.29) is 0 Å². The van der Waals surface area contributed by atoms with Crippen LogP contribution in [0.15, 0.2) is 11.6 Å². The molecule has 0 atom stereocenters. The molecular weight excluding hydrogens is 192 g/mol. The van der Waals surface area contributed by atoms with E-state index in [1.54, 1.807) is 0 Å². The lowest BCUT2D eigenvalue weighted by molar-refractivity contribution is -0.133. The second-order valence-corrected chi connectivity index (χ2v) is 4.26. The van der Waals surface area contributed by atoms with Crippen LogP contribution in [0.4, 0.5) is 0 Å². The fourth-order valence-electron chi connectivity index (χ4n) is 1.76. The smallest absolute Gasteiger partial charge is 0.332 e. The van der Waals surface area contributed by atoms with E-state index in [1.165, 1.54) is 0 Å². The first kappa shape index (κ1) is 12.2. The third kappa shape index (κ3) is 4.44. The molecule has 0 amide bonds. The summed E-state index contributed by atoms with van der Waals surface area (Å²) < 4.78 is 0. The SMILES string of the molecule is CN(C)CCCN1CCC=C(C(=O)O)C1. The fraction of sp³-hybridized carbons (Fsp3) is 0.727. The Bertz CT molecular complexity index is 249. The monoisotopic (exact) mass is 212 g/mol. The molecule has 15 heavy (non-hydrogen) atoms. The minimum absolute atomic E-state index is 0.547. The highest BCUT2D eigenvalue weighted by atomic mass is 16.4. The molecule has 0 radical (unpaired) electrons. The first-order valence-electron chi connectivity index (χ1n) is 5.39. The van der Waals surface area contributed by atoms with Gasteiger partial charge in [-0.15, -0.1) is 0 Å². The Labute approximate surface area is 91.2 Å². The summed E-state index contributed by atoms with van der Waals surface area (Å²) in [6.45, 7) is 3.64. The predicted octanol–water partition coefficient (Wildman–Crippen LogP) is 0.655. The summed E-state index contributed by atoms with van der Waals surface area (Å²) in [6.07, 6.45) is 3.80. The van der Waals surface area contributed by atoms with Crippen LogP contribution in [0.5, 0.6) is 0 Å². The van der Waals surface area contributed by atoms with Gasteiger partial charge in [-0.25, -0.2) is 4.79 Å². The standard InChI is InChI=1S/C11H20N2O2/c1-12(2)6-4-8-13-7-3-5-10(9-13)11(14)15/h5H,3-4,6-9H2,1-2H3,(H,14,15). The van der Waals surface area contributed by atoms with Crippen LogP contribution in [0.2, 0.25) is 0 Å². The van der Waals surface area contributed by atoms with E-state index in [0.717, 1.165) is 32.5 Å². The van der Waals surface area contributed by atoms with Crippen LogP contribution >= 0.6 is 0 Å². The highest BCUT2D eigenvalue weighted by Crippen LogP contribution is 2.09. The second-order valence-electron chi connectivity index (χ2n) is 4.26. The molecule has 0 aliphatic carbocycles. The van der Waals surface area contributed by atoms with Gasteiger partial charge in [0, 0.05) is 18.7 Å². The molecule has 4 nitrogen and oxygen atoms in total. The second kappa shape index (κ2) is 5.88. The van der Waals surface area contributed by atoms with E-state index in [4.69, 9.17) is 5.11 Å². The lowest BCUT2D eigenvalue weighted by Gasteiger charge is -2.26. The number of carboxylic acids is 1. The van der Waals surface area contributed by atoms with Crippen molar-refractivity contribution < 1.29 is 9.90 Å². The molecule has 0 saturated carbocycles. The van der Waals surface area contributed by atoms with Gasteiger partial charge < -0.3 is 10.0 Å². The van der Waals surface area contributed by atoms with Gasteiger partial charge in [-0.1, -0.05) is 6.08 Å². The van der Waals surface area contributed by atoms with Gasteiger partial charge in [0.25, 0.3) is 0 Å². The van der Waals surface area contributed by atoms with Crippen molar-refractivity contribution in [1.29, 1.82) is 0 Å². The Kier molecular flexibility index (Phi) is 4.78. The summed E-state index contributed by atoms with van der Waals surface area (Å²) in [5, 5.41) is 8.87. The van der Waals surface area contributed by atoms with Gasteiger partial charge in [0.15, 0.2) is 0 Å². The summed E-state index contributed by atoms with van der Waals surface area (Å²) in [5.41, 5.74) is 0.547. The van der Waals surface area contributed by atoms with Crippen LogP contribution in [-0.4, -0.2) is 61.2 Å². The summed E-state index contributed by atoms with van der Waals surface area (Å²) >= 11 is 0. The lowest BCUT2D eigenvalue weighted by atomic mass is 10.1. The Morgan fingerprint density at radius 3 is 2.93 bits per heavy atom. The maximum Gasteiger partial charge on any atom is 0.332 e. The first-order chi connectivity index (χ1) is 7.09. The summed E-state index contributed by atoms with van der Waals surface area (Å²) in [4.78, 5) is 15.1. The largest absolute Gasteiger partial charge is 0.478 e. The summed E-state index contributed by atoms with van der Waals surface area (Å²) in [7, 11) is 4.11. The maximum atomic E-state index is 10.8. The third-order valence-electron chi connectivity index (χ3n) is 2.58. The molecule has 1 aliphatic heterocycles. The van der Waals surface area contributed by atoms with Crippen LogP contribution in [0.25, 0.3) is 0 Å². The molecule has 4 heteroatoms. The predicted molar refractivity (Wildman–Crippen MR) is 59.9 cm³/mol. The highest BCUT2D eigenvalue weighted by Gasteiger charge is 2.16. The van der Waals surface area contributed by atoms with Crippen molar-refractivity contribution in [3.05, 3.63) is 11.6 Å². The minimum Gasteiger partial charge on any atom is -0.478 e. The first-order valence-corrected chi connectivity index (χ1v) is 5.39. The van der Waals surface area contributed by atoms with E-state index in [9.17, 15) is 4.79 Å². The number of hydrogen-bond acceptors (Lipinski definition) is 3. The quantitative estimate of drug-likeness (QED) is 0.727. The van der Waals surface area contributed by atoms with Crippen molar-refractivity contribution in [2.24, 2.45) is 0 Å². The van der Waals surface area contributed by atoms with Crippen molar-refractivity contribution >= 4 is 5.97 Å². The minimum atomic E-state index is -0.771. The molecule has 0 fully saturated rings. The Morgan fingerprint density at radius 2 is 2.33 bits per heavy atom. The zero-order chi connectivity index (χ0) is 11.3.